The average molecular weight is 261 g/mol. The molecule has 0 aliphatic rings. The molecule has 0 aliphatic heterocycles. The van der Waals surface area contributed by atoms with Crippen LogP contribution in [0.15, 0.2) is 18.2 Å². The molecular weight excluding hydrogens is 246 g/mol. The summed E-state index contributed by atoms with van der Waals surface area (Å²) in [5.74, 6) is -0.255. The van der Waals surface area contributed by atoms with Gasteiger partial charge in [0.25, 0.3) is 5.91 Å². The number of carbonyl (C=O) groups is 2. The Kier molecular flexibility index (Phi) is 3.62. The van der Waals surface area contributed by atoms with Crippen LogP contribution in [0.25, 0.3) is 11.0 Å². The van der Waals surface area contributed by atoms with Crippen molar-refractivity contribution in [2.75, 3.05) is 14.2 Å². The SMILES string of the molecule is CON(C)C(=O)Cc1cc2ccc(C(C)=O)nc2[nH]1. The Morgan fingerprint density at radius 3 is 2.79 bits per heavy atom. The molecule has 0 radical (unpaired) electrons. The molecule has 0 bridgehead atoms. The lowest BCUT2D eigenvalue weighted by Crippen LogP contribution is -2.27. The lowest BCUT2D eigenvalue weighted by atomic mass is 10.2. The molecule has 2 aromatic rings. The van der Waals surface area contributed by atoms with E-state index in [1.807, 2.05) is 12.1 Å². The van der Waals surface area contributed by atoms with E-state index in [9.17, 15) is 9.59 Å². The third-order valence-electron chi connectivity index (χ3n) is 2.86. The smallest absolute Gasteiger partial charge is 0.251 e. The van der Waals surface area contributed by atoms with Gasteiger partial charge in [-0.2, -0.15) is 0 Å². The summed E-state index contributed by atoms with van der Waals surface area (Å²) in [7, 11) is 2.99. The second-order valence-corrected chi connectivity index (χ2v) is 4.24. The lowest BCUT2D eigenvalue weighted by Gasteiger charge is -2.12. The molecule has 0 unspecified atom stereocenters. The molecule has 2 aromatic heterocycles. The van der Waals surface area contributed by atoms with E-state index in [1.165, 1.54) is 19.1 Å². The number of Topliss-reactive ketones (excluding diaryl/α,β-unsaturated/α-hetero) is 1. The van der Waals surface area contributed by atoms with Crippen LogP contribution in [-0.4, -0.2) is 40.9 Å². The molecule has 0 saturated carbocycles. The van der Waals surface area contributed by atoms with Crippen LogP contribution >= 0.6 is 0 Å². The number of amides is 1. The number of ketones is 1. The molecule has 1 amide bonds. The van der Waals surface area contributed by atoms with Crippen molar-refractivity contribution in [2.45, 2.75) is 13.3 Å². The average Bonchev–Trinajstić information content (AvgIpc) is 2.78. The second-order valence-electron chi connectivity index (χ2n) is 4.24. The Morgan fingerprint density at radius 1 is 1.42 bits per heavy atom. The van der Waals surface area contributed by atoms with Crippen LogP contribution in [0.1, 0.15) is 23.1 Å². The van der Waals surface area contributed by atoms with Gasteiger partial charge in [0, 0.05) is 25.1 Å². The molecule has 6 heteroatoms. The summed E-state index contributed by atoms with van der Waals surface area (Å²) in [4.78, 5) is 35.0. The van der Waals surface area contributed by atoms with E-state index in [-0.39, 0.29) is 18.1 Å². The molecule has 0 aliphatic carbocycles. The van der Waals surface area contributed by atoms with Crippen LogP contribution in [0.2, 0.25) is 0 Å². The van der Waals surface area contributed by atoms with E-state index in [1.54, 1.807) is 13.1 Å². The highest BCUT2D eigenvalue weighted by atomic mass is 16.7. The zero-order chi connectivity index (χ0) is 14.0. The summed E-state index contributed by atoms with van der Waals surface area (Å²) in [6.45, 7) is 1.47. The number of pyridine rings is 1. The highest BCUT2D eigenvalue weighted by molar-refractivity contribution is 5.94. The van der Waals surface area contributed by atoms with E-state index in [0.29, 0.717) is 11.3 Å². The van der Waals surface area contributed by atoms with Crippen molar-refractivity contribution in [1.82, 2.24) is 15.0 Å². The second kappa shape index (κ2) is 5.19. The van der Waals surface area contributed by atoms with E-state index < -0.39 is 0 Å². The fraction of sp³-hybridized carbons (Fsp3) is 0.308. The number of rotatable bonds is 4. The van der Waals surface area contributed by atoms with Crippen molar-refractivity contribution in [3.8, 4) is 0 Å². The first kappa shape index (κ1) is 13.2. The Morgan fingerprint density at radius 2 is 2.16 bits per heavy atom. The first-order valence-electron chi connectivity index (χ1n) is 5.81. The van der Waals surface area contributed by atoms with Gasteiger partial charge < -0.3 is 4.98 Å². The Bertz CT molecular complexity index is 633. The summed E-state index contributed by atoms with van der Waals surface area (Å²) in [5.41, 5.74) is 1.74. The number of nitrogens with zero attached hydrogens (tertiary/aromatic N) is 2. The van der Waals surface area contributed by atoms with Crippen molar-refractivity contribution in [2.24, 2.45) is 0 Å². The van der Waals surface area contributed by atoms with Crippen molar-refractivity contribution in [3.63, 3.8) is 0 Å². The summed E-state index contributed by atoms with van der Waals surface area (Å²) in [6.07, 6.45) is 0.191. The van der Waals surface area contributed by atoms with Gasteiger partial charge in [0.1, 0.15) is 11.3 Å². The molecule has 0 saturated heterocycles. The third-order valence-corrected chi connectivity index (χ3v) is 2.86. The molecule has 0 atom stereocenters. The Balaban J connectivity index is 2.26. The largest absolute Gasteiger partial charge is 0.343 e. The summed E-state index contributed by atoms with van der Waals surface area (Å²) < 4.78 is 0. The number of nitrogens with one attached hydrogen (secondary N) is 1. The number of H-pyrrole nitrogens is 1. The maximum atomic E-state index is 11.7. The molecule has 0 fully saturated rings. The number of fused-ring (bicyclic) bond motifs is 1. The standard InChI is InChI=1S/C13H15N3O3/c1-8(17)11-5-4-9-6-10(14-13(9)15-11)7-12(18)16(2)19-3/h4-6H,7H2,1-3H3,(H,14,15). The van der Waals surface area contributed by atoms with E-state index in [4.69, 9.17) is 4.84 Å². The number of hydrogen-bond donors (Lipinski definition) is 1. The fourth-order valence-electron chi connectivity index (χ4n) is 1.73. The fourth-order valence-corrected chi connectivity index (χ4v) is 1.73. The molecule has 19 heavy (non-hydrogen) atoms. The first-order chi connectivity index (χ1) is 9.01. The lowest BCUT2D eigenvalue weighted by molar-refractivity contribution is -0.167. The molecule has 1 N–H and O–H groups in total. The van der Waals surface area contributed by atoms with Gasteiger partial charge in [-0.3, -0.25) is 14.4 Å². The normalized spacial score (nSPS) is 10.7. The van der Waals surface area contributed by atoms with E-state index in [2.05, 4.69) is 9.97 Å². The van der Waals surface area contributed by atoms with E-state index >= 15 is 0 Å². The molecule has 100 valence electrons. The van der Waals surface area contributed by atoms with Crippen molar-refractivity contribution >= 4 is 22.7 Å². The third kappa shape index (κ3) is 2.79. The maximum absolute atomic E-state index is 11.7. The zero-order valence-corrected chi connectivity index (χ0v) is 11.1. The number of likely N-dealkylation sites (N-methyl/N-ethyl adjacent to an activating group) is 1. The minimum atomic E-state index is -0.166. The van der Waals surface area contributed by atoms with E-state index in [0.717, 1.165) is 11.1 Å². The molecule has 0 spiro atoms. The molecule has 6 nitrogen and oxygen atoms in total. The zero-order valence-electron chi connectivity index (χ0n) is 11.1. The number of aromatic amines is 1. The van der Waals surface area contributed by atoms with Crippen LogP contribution in [0, 0.1) is 0 Å². The van der Waals surface area contributed by atoms with Gasteiger partial charge in [-0.25, -0.2) is 10.0 Å². The Hall–Kier alpha value is -2.21. The quantitative estimate of drug-likeness (QED) is 0.665. The van der Waals surface area contributed by atoms with Crippen molar-refractivity contribution in [3.05, 3.63) is 29.6 Å². The predicted molar refractivity (Wildman–Crippen MR) is 69.6 cm³/mol. The summed E-state index contributed by atoms with van der Waals surface area (Å²) in [6, 6.07) is 5.32. The van der Waals surface area contributed by atoms with Crippen LogP contribution < -0.4 is 0 Å². The minimum absolute atomic E-state index is 0.0896. The molecule has 0 aromatic carbocycles. The monoisotopic (exact) mass is 261 g/mol. The highest BCUT2D eigenvalue weighted by Crippen LogP contribution is 2.15. The first-order valence-corrected chi connectivity index (χ1v) is 5.81. The maximum Gasteiger partial charge on any atom is 0.251 e. The van der Waals surface area contributed by atoms with Crippen LogP contribution in [0.3, 0.4) is 0 Å². The number of carbonyl (C=O) groups excluding carboxylic acids is 2. The van der Waals surface area contributed by atoms with Gasteiger partial charge in [0.05, 0.1) is 13.5 Å². The van der Waals surface area contributed by atoms with Gasteiger partial charge in [-0.1, -0.05) is 0 Å². The molecular formula is C13H15N3O3. The Labute approximate surface area is 110 Å². The number of hydroxylamine groups is 2. The minimum Gasteiger partial charge on any atom is -0.343 e. The number of hydrogen-bond acceptors (Lipinski definition) is 4. The summed E-state index contributed by atoms with van der Waals surface area (Å²) >= 11 is 0. The van der Waals surface area contributed by atoms with Crippen LogP contribution in [0.4, 0.5) is 0 Å². The van der Waals surface area contributed by atoms with Gasteiger partial charge in [-0.15, -0.1) is 0 Å². The van der Waals surface area contributed by atoms with Crippen molar-refractivity contribution in [1.29, 1.82) is 0 Å². The van der Waals surface area contributed by atoms with Gasteiger partial charge in [-0.05, 0) is 18.2 Å². The predicted octanol–water partition coefficient (Wildman–Crippen LogP) is 1.33. The molecule has 2 heterocycles. The van der Waals surface area contributed by atoms with Gasteiger partial charge in [0.2, 0.25) is 0 Å². The van der Waals surface area contributed by atoms with Gasteiger partial charge in [0.15, 0.2) is 5.78 Å². The molecule has 2 rings (SSSR count). The number of aromatic nitrogens is 2. The van der Waals surface area contributed by atoms with Crippen LogP contribution in [-0.2, 0) is 16.1 Å². The van der Waals surface area contributed by atoms with Crippen LogP contribution in [0.5, 0.6) is 0 Å². The topological polar surface area (TPSA) is 75.3 Å². The summed E-state index contributed by atoms with van der Waals surface area (Å²) in [5, 5.41) is 2.03. The van der Waals surface area contributed by atoms with Crippen molar-refractivity contribution < 1.29 is 14.4 Å². The van der Waals surface area contributed by atoms with Gasteiger partial charge >= 0.3 is 0 Å². The highest BCUT2D eigenvalue weighted by Gasteiger charge is 2.12.